The van der Waals surface area contributed by atoms with Crippen LogP contribution in [0.2, 0.25) is 0 Å². The molecule has 0 radical (unpaired) electrons. The highest BCUT2D eigenvalue weighted by atomic mass is 16.7. The summed E-state index contributed by atoms with van der Waals surface area (Å²) < 4.78 is 0. The first kappa shape index (κ1) is 14.9. The molecule has 0 bridgehead atoms. The van der Waals surface area contributed by atoms with Gasteiger partial charge >= 0.3 is 0 Å². The lowest BCUT2D eigenvalue weighted by molar-refractivity contribution is 0.135. The highest BCUT2D eigenvalue weighted by molar-refractivity contribution is 5.83. The van der Waals surface area contributed by atoms with Gasteiger partial charge in [0.05, 0.1) is 23.7 Å². The Kier molecular flexibility index (Phi) is 5.09. The molecule has 1 aromatic rings. The number of hydrogen-bond acceptors (Lipinski definition) is 5. The molecule has 0 aromatic heterocycles. The Balaban J connectivity index is 2.26. The molecule has 0 unspecified atom stereocenters. The van der Waals surface area contributed by atoms with Gasteiger partial charge in [0.1, 0.15) is 0 Å². The predicted octanol–water partition coefficient (Wildman–Crippen LogP) is 1.87. The third-order valence-electron chi connectivity index (χ3n) is 3.78. The summed E-state index contributed by atoms with van der Waals surface area (Å²) in [5.74, 6) is 0. The van der Waals surface area contributed by atoms with Gasteiger partial charge in [0.2, 0.25) is 0 Å². The van der Waals surface area contributed by atoms with Crippen LogP contribution in [-0.4, -0.2) is 58.8 Å². The van der Waals surface area contributed by atoms with Crippen molar-refractivity contribution in [3.63, 3.8) is 0 Å². The van der Waals surface area contributed by atoms with Crippen molar-refractivity contribution in [3.8, 4) is 0 Å². The Labute approximate surface area is 122 Å². The number of likely N-dealkylation sites (N-methyl/N-ethyl adjacent to an activating group) is 1. The van der Waals surface area contributed by atoms with Crippen LogP contribution in [0.15, 0.2) is 18.2 Å². The molecule has 1 saturated heterocycles. The molecule has 0 saturated carbocycles. The third-order valence-corrected chi connectivity index (χ3v) is 3.78. The number of hydroxylamine groups is 1. The Morgan fingerprint density at radius 3 is 2.55 bits per heavy atom. The first-order valence-corrected chi connectivity index (χ1v) is 7.28. The molecule has 1 fully saturated rings. The van der Waals surface area contributed by atoms with E-state index in [-0.39, 0.29) is 0 Å². The van der Waals surface area contributed by atoms with Crippen LogP contribution in [0.4, 0.5) is 17.1 Å². The average Bonchev–Trinajstić information content (AvgIpc) is 2.47. The number of nitrogens with zero attached hydrogens (tertiary/aromatic N) is 3. The van der Waals surface area contributed by atoms with Gasteiger partial charge in [0.15, 0.2) is 0 Å². The summed E-state index contributed by atoms with van der Waals surface area (Å²) in [6.07, 6.45) is 0. The minimum absolute atomic E-state index is 0.665. The average molecular weight is 278 g/mol. The molecule has 1 heterocycles. The van der Waals surface area contributed by atoms with Crippen LogP contribution in [0.5, 0.6) is 0 Å². The molecule has 1 N–H and O–H groups in total. The van der Waals surface area contributed by atoms with Gasteiger partial charge in [0, 0.05) is 40.3 Å². The van der Waals surface area contributed by atoms with Crippen LogP contribution < -0.4 is 15.3 Å². The van der Waals surface area contributed by atoms with Gasteiger partial charge in [-0.25, -0.2) is 0 Å². The summed E-state index contributed by atoms with van der Waals surface area (Å²) >= 11 is 0. The summed E-state index contributed by atoms with van der Waals surface area (Å²) in [4.78, 5) is 10.4. The van der Waals surface area contributed by atoms with E-state index in [2.05, 4.69) is 40.4 Å². The molecule has 0 spiro atoms. The van der Waals surface area contributed by atoms with Crippen molar-refractivity contribution in [2.45, 2.75) is 6.92 Å². The lowest BCUT2D eigenvalue weighted by Gasteiger charge is -2.36. The second-order valence-corrected chi connectivity index (χ2v) is 5.13. The number of rotatable bonds is 5. The molecule has 1 aliphatic heterocycles. The maximum atomic E-state index is 5.60. The summed E-state index contributed by atoms with van der Waals surface area (Å²) in [5.41, 5.74) is 3.46. The quantitative estimate of drug-likeness (QED) is 0.831. The molecule has 1 aromatic carbocycles. The fourth-order valence-electron chi connectivity index (χ4n) is 2.62. The number of anilines is 3. The van der Waals surface area contributed by atoms with Gasteiger partial charge in [-0.1, -0.05) is 6.07 Å². The molecule has 0 aliphatic carbocycles. The smallest absolute Gasteiger partial charge is 0.0885 e. The fourth-order valence-corrected chi connectivity index (χ4v) is 2.62. The van der Waals surface area contributed by atoms with Crippen molar-refractivity contribution in [3.05, 3.63) is 18.2 Å². The Hall–Kier alpha value is -1.46. The molecule has 20 heavy (non-hydrogen) atoms. The van der Waals surface area contributed by atoms with Crippen LogP contribution in [0, 0.1) is 0 Å². The number of benzene rings is 1. The van der Waals surface area contributed by atoms with Crippen molar-refractivity contribution < 1.29 is 4.84 Å². The standard InChI is InChI=1S/C15H26N4O/c1-5-20-18(4)13-7-6-8-14(15(13)16-2)19-11-9-17(3)10-12-19/h6-8,16H,5,9-12H2,1-4H3. The van der Waals surface area contributed by atoms with Crippen LogP contribution in [0.25, 0.3) is 0 Å². The minimum Gasteiger partial charge on any atom is -0.385 e. The van der Waals surface area contributed by atoms with Gasteiger partial charge in [-0.15, -0.1) is 0 Å². The second-order valence-electron chi connectivity index (χ2n) is 5.13. The van der Waals surface area contributed by atoms with E-state index in [1.165, 1.54) is 5.69 Å². The molecule has 5 heteroatoms. The fraction of sp³-hybridized carbons (Fsp3) is 0.600. The normalized spacial score (nSPS) is 16.3. The zero-order valence-electron chi connectivity index (χ0n) is 13.0. The van der Waals surface area contributed by atoms with E-state index >= 15 is 0 Å². The van der Waals surface area contributed by atoms with Gasteiger partial charge in [0.25, 0.3) is 0 Å². The molecular weight excluding hydrogens is 252 g/mol. The van der Waals surface area contributed by atoms with Crippen LogP contribution in [0.3, 0.4) is 0 Å². The molecule has 112 valence electrons. The molecule has 2 rings (SSSR count). The second kappa shape index (κ2) is 6.81. The van der Waals surface area contributed by atoms with Crippen molar-refractivity contribution >= 4 is 17.1 Å². The Morgan fingerprint density at radius 1 is 1.25 bits per heavy atom. The lowest BCUT2D eigenvalue weighted by Crippen LogP contribution is -2.44. The Morgan fingerprint density at radius 2 is 1.95 bits per heavy atom. The number of hydrogen-bond donors (Lipinski definition) is 1. The molecule has 0 atom stereocenters. The minimum atomic E-state index is 0.665. The molecule has 1 aliphatic rings. The maximum Gasteiger partial charge on any atom is 0.0885 e. The first-order valence-electron chi connectivity index (χ1n) is 7.28. The topological polar surface area (TPSA) is 31.0 Å². The summed E-state index contributed by atoms with van der Waals surface area (Å²) in [7, 11) is 6.10. The van der Waals surface area contributed by atoms with Crippen molar-refractivity contribution in [2.75, 3.05) is 69.2 Å². The molecule has 0 amide bonds. The molecule has 5 nitrogen and oxygen atoms in total. The van der Waals surface area contributed by atoms with Crippen molar-refractivity contribution in [1.82, 2.24) is 4.90 Å². The SMILES string of the molecule is CCON(C)c1cccc(N2CCN(C)CC2)c1NC. The summed E-state index contributed by atoms with van der Waals surface area (Å²) in [5, 5.41) is 5.17. The number of nitrogens with one attached hydrogen (secondary N) is 1. The zero-order valence-corrected chi connectivity index (χ0v) is 13.0. The number of para-hydroxylation sites is 1. The molecular formula is C15H26N4O. The summed E-state index contributed by atoms with van der Waals surface area (Å²) in [6.45, 7) is 7.00. The monoisotopic (exact) mass is 278 g/mol. The highest BCUT2D eigenvalue weighted by Gasteiger charge is 2.19. The van der Waals surface area contributed by atoms with Crippen molar-refractivity contribution in [1.29, 1.82) is 0 Å². The van der Waals surface area contributed by atoms with E-state index in [1.54, 1.807) is 0 Å². The summed E-state index contributed by atoms with van der Waals surface area (Å²) in [6, 6.07) is 6.36. The zero-order chi connectivity index (χ0) is 14.5. The highest BCUT2D eigenvalue weighted by Crippen LogP contribution is 2.35. The van der Waals surface area contributed by atoms with E-state index in [4.69, 9.17) is 4.84 Å². The van der Waals surface area contributed by atoms with E-state index in [0.717, 1.165) is 37.6 Å². The predicted molar refractivity (Wildman–Crippen MR) is 85.7 cm³/mol. The van der Waals surface area contributed by atoms with Crippen LogP contribution in [0.1, 0.15) is 6.92 Å². The van der Waals surface area contributed by atoms with Crippen LogP contribution in [-0.2, 0) is 4.84 Å². The lowest BCUT2D eigenvalue weighted by atomic mass is 10.2. The Bertz CT molecular complexity index is 430. The van der Waals surface area contributed by atoms with Gasteiger partial charge < -0.3 is 15.1 Å². The first-order chi connectivity index (χ1) is 9.67. The third kappa shape index (κ3) is 3.16. The van der Waals surface area contributed by atoms with E-state index in [1.807, 2.05) is 26.1 Å². The van der Waals surface area contributed by atoms with Crippen LogP contribution >= 0.6 is 0 Å². The van der Waals surface area contributed by atoms with E-state index < -0.39 is 0 Å². The van der Waals surface area contributed by atoms with Gasteiger partial charge in [-0.3, -0.25) is 9.90 Å². The maximum absolute atomic E-state index is 5.60. The van der Waals surface area contributed by atoms with Crippen molar-refractivity contribution in [2.24, 2.45) is 0 Å². The van der Waals surface area contributed by atoms with E-state index in [0.29, 0.717) is 6.61 Å². The van der Waals surface area contributed by atoms with Gasteiger partial charge in [-0.05, 0) is 26.1 Å². The van der Waals surface area contributed by atoms with E-state index in [9.17, 15) is 0 Å². The van der Waals surface area contributed by atoms with Gasteiger partial charge in [-0.2, -0.15) is 0 Å². The number of piperazine rings is 1. The largest absolute Gasteiger partial charge is 0.385 e.